The van der Waals surface area contributed by atoms with E-state index in [1.807, 2.05) is 6.92 Å². The molecule has 2 heterocycles. The van der Waals surface area contributed by atoms with Crippen LogP contribution in [0.25, 0.3) is 11.1 Å². The highest BCUT2D eigenvalue weighted by Crippen LogP contribution is 2.39. The van der Waals surface area contributed by atoms with Crippen molar-refractivity contribution >= 4 is 18.0 Å². The van der Waals surface area contributed by atoms with Gasteiger partial charge in [0, 0.05) is 31.0 Å². The van der Waals surface area contributed by atoms with Gasteiger partial charge in [-0.05, 0) is 63.1 Å². The summed E-state index contributed by atoms with van der Waals surface area (Å²) in [5, 5.41) is 11.1. The summed E-state index contributed by atoms with van der Waals surface area (Å²) in [5.41, 5.74) is 0.0673. The Balaban J connectivity index is 1.32. The minimum absolute atomic E-state index is 0.0370. The molecule has 1 aromatic carbocycles. The van der Waals surface area contributed by atoms with Crippen LogP contribution in [-0.2, 0) is 9.53 Å². The Kier molecular flexibility index (Phi) is 7.55. The third-order valence-corrected chi connectivity index (χ3v) is 6.53. The maximum Gasteiger partial charge on any atom is 0.410 e. The molecular formula is C25H28F2N4O6. The summed E-state index contributed by atoms with van der Waals surface area (Å²) in [5.74, 6) is -4.54. The molecule has 1 aromatic heterocycles. The van der Waals surface area contributed by atoms with E-state index in [1.54, 1.807) is 4.90 Å². The summed E-state index contributed by atoms with van der Waals surface area (Å²) >= 11 is 0. The number of hydrogen-bond donors (Lipinski definition) is 2. The Morgan fingerprint density at radius 2 is 1.73 bits per heavy atom. The highest BCUT2D eigenvalue weighted by atomic mass is 19.1. The van der Waals surface area contributed by atoms with Crippen molar-refractivity contribution in [2.75, 3.05) is 19.7 Å². The van der Waals surface area contributed by atoms with Crippen LogP contribution in [-0.4, -0.2) is 69.3 Å². The third-order valence-electron chi connectivity index (χ3n) is 6.53. The van der Waals surface area contributed by atoms with Crippen LogP contribution in [0.15, 0.2) is 24.5 Å². The number of carbonyl (C=O) groups excluding carboxylic acids is 2. The molecule has 2 N–H and O–H groups in total. The molecule has 0 bridgehead atoms. The molecule has 2 aromatic rings. The predicted molar refractivity (Wildman–Crippen MR) is 126 cm³/mol. The van der Waals surface area contributed by atoms with Crippen molar-refractivity contribution in [2.24, 2.45) is 5.92 Å². The van der Waals surface area contributed by atoms with Gasteiger partial charge in [0.2, 0.25) is 5.82 Å². The van der Waals surface area contributed by atoms with E-state index in [0.717, 1.165) is 25.0 Å². The van der Waals surface area contributed by atoms with Crippen LogP contribution >= 0.6 is 0 Å². The van der Waals surface area contributed by atoms with Gasteiger partial charge < -0.3 is 24.8 Å². The van der Waals surface area contributed by atoms with Crippen molar-refractivity contribution in [3.8, 4) is 16.9 Å². The van der Waals surface area contributed by atoms with Crippen LogP contribution < -0.4 is 10.1 Å². The van der Waals surface area contributed by atoms with Gasteiger partial charge in [-0.15, -0.1) is 0 Å². The number of ether oxygens (including phenoxy) is 2. The number of aliphatic carboxylic acids is 1. The van der Waals surface area contributed by atoms with Gasteiger partial charge in [0.05, 0.1) is 6.61 Å². The van der Waals surface area contributed by atoms with Crippen LogP contribution in [0.4, 0.5) is 13.6 Å². The fourth-order valence-corrected chi connectivity index (χ4v) is 3.82. The molecule has 10 nitrogen and oxygen atoms in total. The molecule has 2 amide bonds. The molecule has 198 valence electrons. The standard InChI is InChI=1S/C25H28F2N4O6/c1-14(23(33)34)30-22(32)21-28-11-17(12-29-21)16-9-18(26)20(19(27)10-16)36-13-15-3-7-31(8-4-15)24(35)37-25(2)5-6-25/h9-12,14-15H,3-8,13H2,1-2H3,(H,30,32)(H,33,34). The van der Waals surface area contributed by atoms with E-state index in [0.29, 0.717) is 25.9 Å². The van der Waals surface area contributed by atoms with Crippen LogP contribution in [0.5, 0.6) is 5.75 Å². The van der Waals surface area contributed by atoms with Crippen LogP contribution in [0, 0.1) is 17.6 Å². The number of piperidine rings is 1. The number of nitrogens with one attached hydrogen (secondary N) is 1. The first-order valence-electron chi connectivity index (χ1n) is 12.0. The molecule has 1 saturated heterocycles. The number of likely N-dealkylation sites (tertiary alicyclic amines) is 1. The van der Waals surface area contributed by atoms with Gasteiger partial charge >= 0.3 is 12.1 Å². The average molecular weight is 519 g/mol. The van der Waals surface area contributed by atoms with Gasteiger partial charge in [-0.2, -0.15) is 0 Å². The van der Waals surface area contributed by atoms with E-state index in [2.05, 4.69) is 15.3 Å². The van der Waals surface area contributed by atoms with Crippen molar-refractivity contribution in [2.45, 2.75) is 51.2 Å². The molecule has 0 radical (unpaired) electrons. The molecule has 1 unspecified atom stereocenters. The van der Waals surface area contributed by atoms with Crippen molar-refractivity contribution in [3.63, 3.8) is 0 Å². The second-order valence-corrected chi connectivity index (χ2v) is 9.66. The van der Waals surface area contributed by atoms with Crippen molar-refractivity contribution in [1.82, 2.24) is 20.2 Å². The average Bonchev–Trinajstić information content (AvgIpc) is 3.59. The summed E-state index contributed by atoms with van der Waals surface area (Å²) in [7, 11) is 0. The highest BCUT2D eigenvalue weighted by Gasteiger charge is 2.43. The Labute approximate surface area is 212 Å². The zero-order valence-corrected chi connectivity index (χ0v) is 20.5. The topological polar surface area (TPSA) is 131 Å². The third kappa shape index (κ3) is 6.49. The second kappa shape index (κ2) is 10.7. The zero-order chi connectivity index (χ0) is 26.7. The fraction of sp³-hybridized carbons (Fsp3) is 0.480. The number of hydrogen-bond acceptors (Lipinski definition) is 7. The summed E-state index contributed by atoms with van der Waals surface area (Å²) in [6.07, 6.45) is 5.13. The summed E-state index contributed by atoms with van der Waals surface area (Å²) in [4.78, 5) is 44.5. The van der Waals surface area contributed by atoms with Gasteiger partial charge in [0.1, 0.15) is 11.6 Å². The van der Waals surface area contributed by atoms with Crippen molar-refractivity contribution < 1.29 is 37.7 Å². The minimum Gasteiger partial charge on any atom is -0.487 e. The number of halogens is 2. The lowest BCUT2D eigenvalue weighted by atomic mass is 9.98. The lowest BCUT2D eigenvalue weighted by Crippen LogP contribution is -2.41. The van der Waals surface area contributed by atoms with E-state index in [9.17, 15) is 23.2 Å². The van der Waals surface area contributed by atoms with E-state index in [-0.39, 0.29) is 41.2 Å². The van der Waals surface area contributed by atoms with Crippen LogP contribution in [0.2, 0.25) is 0 Å². The van der Waals surface area contributed by atoms with E-state index in [4.69, 9.17) is 14.6 Å². The fourth-order valence-electron chi connectivity index (χ4n) is 3.82. The van der Waals surface area contributed by atoms with E-state index < -0.39 is 35.3 Å². The van der Waals surface area contributed by atoms with Gasteiger partial charge in [-0.3, -0.25) is 9.59 Å². The summed E-state index contributed by atoms with van der Waals surface area (Å²) in [6, 6.07) is 1.03. The molecule has 1 atom stereocenters. The van der Waals surface area contributed by atoms with E-state index >= 15 is 0 Å². The smallest absolute Gasteiger partial charge is 0.410 e. The molecule has 2 aliphatic rings. The maximum atomic E-state index is 14.7. The molecule has 37 heavy (non-hydrogen) atoms. The number of carbonyl (C=O) groups is 3. The second-order valence-electron chi connectivity index (χ2n) is 9.66. The Morgan fingerprint density at radius 3 is 2.27 bits per heavy atom. The lowest BCUT2D eigenvalue weighted by Gasteiger charge is -2.32. The molecular weight excluding hydrogens is 490 g/mol. The monoisotopic (exact) mass is 518 g/mol. The predicted octanol–water partition coefficient (Wildman–Crippen LogP) is 3.40. The molecule has 12 heteroatoms. The van der Waals surface area contributed by atoms with Crippen molar-refractivity contribution in [3.05, 3.63) is 42.0 Å². The first-order valence-corrected chi connectivity index (χ1v) is 12.0. The van der Waals surface area contributed by atoms with Gasteiger partial charge in [-0.25, -0.2) is 23.5 Å². The Morgan fingerprint density at radius 1 is 1.14 bits per heavy atom. The van der Waals surface area contributed by atoms with E-state index in [1.165, 1.54) is 19.3 Å². The zero-order valence-electron chi connectivity index (χ0n) is 20.5. The highest BCUT2D eigenvalue weighted by molar-refractivity contribution is 5.93. The molecule has 1 saturated carbocycles. The number of carboxylic acid groups (broad SMARTS) is 1. The molecule has 1 aliphatic heterocycles. The largest absolute Gasteiger partial charge is 0.487 e. The molecule has 0 spiro atoms. The first kappa shape index (κ1) is 26.2. The van der Waals surface area contributed by atoms with Crippen molar-refractivity contribution in [1.29, 1.82) is 0 Å². The molecule has 1 aliphatic carbocycles. The first-order chi connectivity index (χ1) is 17.5. The maximum absolute atomic E-state index is 14.7. The number of aromatic nitrogens is 2. The lowest BCUT2D eigenvalue weighted by molar-refractivity contribution is -0.138. The van der Waals surface area contributed by atoms with Crippen LogP contribution in [0.1, 0.15) is 50.1 Å². The number of amides is 2. The molecule has 2 fully saturated rings. The van der Waals surface area contributed by atoms with Crippen LogP contribution in [0.3, 0.4) is 0 Å². The number of benzene rings is 1. The Bertz CT molecular complexity index is 1160. The summed E-state index contributed by atoms with van der Waals surface area (Å²) in [6.45, 7) is 4.30. The normalized spacial score (nSPS) is 17.6. The van der Waals surface area contributed by atoms with Gasteiger partial charge in [0.15, 0.2) is 17.4 Å². The number of nitrogens with zero attached hydrogens (tertiary/aromatic N) is 3. The SMILES string of the molecule is CC(NC(=O)c1ncc(-c2cc(F)c(OCC3CCN(C(=O)OC4(C)CC4)CC3)c(F)c2)cn1)C(=O)O. The minimum atomic E-state index is -1.22. The van der Waals surface area contributed by atoms with Gasteiger partial charge in [0.25, 0.3) is 5.91 Å². The number of carboxylic acids is 1. The van der Waals surface area contributed by atoms with Gasteiger partial charge in [-0.1, -0.05) is 0 Å². The Hall–Kier alpha value is -3.83. The number of rotatable bonds is 8. The molecule has 4 rings (SSSR count). The quantitative estimate of drug-likeness (QED) is 0.544. The summed E-state index contributed by atoms with van der Waals surface area (Å²) < 4.78 is 40.4.